The van der Waals surface area contributed by atoms with Crippen LogP contribution < -0.4 is 10.7 Å². The van der Waals surface area contributed by atoms with Gasteiger partial charge in [-0.25, -0.2) is 9.07 Å². The smallest absolute Gasteiger partial charge is 0.274 e. The molecular formula is C13H12FN2O3-. The zero-order valence-corrected chi connectivity index (χ0v) is 10.3. The van der Waals surface area contributed by atoms with Crippen LogP contribution in [0.5, 0.6) is 0 Å². The van der Waals surface area contributed by atoms with Crippen LogP contribution in [0, 0.1) is 12.7 Å². The number of hydrogen-bond donors (Lipinski definition) is 1. The normalized spacial score (nSPS) is 10.6. The zero-order valence-electron chi connectivity index (χ0n) is 10.3. The minimum absolute atomic E-state index is 0.109. The molecule has 0 saturated carbocycles. The Morgan fingerprint density at radius 3 is 2.58 bits per heavy atom. The molecule has 0 amide bonds. The van der Waals surface area contributed by atoms with E-state index < -0.39 is 11.8 Å². The first kappa shape index (κ1) is 13.1. The molecule has 0 aliphatic carbocycles. The third-order valence-corrected chi connectivity index (χ3v) is 2.86. The van der Waals surface area contributed by atoms with Crippen molar-refractivity contribution < 1.29 is 14.3 Å². The molecule has 0 fully saturated rings. The summed E-state index contributed by atoms with van der Waals surface area (Å²) in [5.74, 6) is -1.59. The van der Waals surface area contributed by atoms with Gasteiger partial charge in [0.15, 0.2) is 0 Å². The van der Waals surface area contributed by atoms with Gasteiger partial charge in [0.05, 0.1) is 5.69 Å². The van der Waals surface area contributed by atoms with Gasteiger partial charge in [-0.15, -0.1) is 0 Å². The van der Waals surface area contributed by atoms with E-state index in [1.807, 2.05) is 0 Å². The molecule has 6 heteroatoms. The number of aliphatic carboxylic acids is 1. The summed E-state index contributed by atoms with van der Waals surface area (Å²) in [6.45, 7) is 1.69. The molecule has 0 saturated heterocycles. The van der Waals surface area contributed by atoms with E-state index >= 15 is 0 Å². The maximum atomic E-state index is 12.8. The number of aromatic nitrogens is 2. The third kappa shape index (κ3) is 2.73. The van der Waals surface area contributed by atoms with E-state index in [9.17, 15) is 19.1 Å². The molecule has 1 aromatic heterocycles. The lowest BCUT2D eigenvalue weighted by atomic mass is 10.1. The number of carboxylic acids is 1. The molecule has 0 unspecified atom stereocenters. The summed E-state index contributed by atoms with van der Waals surface area (Å²) in [5, 5.41) is 13.3. The Labute approximate surface area is 108 Å². The minimum Gasteiger partial charge on any atom is -0.550 e. The van der Waals surface area contributed by atoms with E-state index in [1.165, 1.54) is 28.9 Å². The van der Waals surface area contributed by atoms with Crippen LogP contribution in [-0.2, 0) is 11.2 Å². The molecule has 0 radical (unpaired) electrons. The highest BCUT2D eigenvalue weighted by atomic mass is 19.1. The van der Waals surface area contributed by atoms with Gasteiger partial charge >= 0.3 is 0 Å². The molecule has 2 rings (SSSR count). The lowest BCUT2D eigenvalue weighted by molar-refractivity contribution is -0.305. The first-order valence-electron chi connectivity index (χ1n) is 5.75. The zero-order chi connectivity index (χ0) is 14.0. The van der Waals surface area contributed by atoms with Crippen LogP contribution in [0.2, 0.25) is 0 Å². The van der Waals surface area contributed by atoms with Crippen LogP contribution in [0.3, 0.4) is 0 Å². The predicted molar refractivity (Wildman–Crippen MR) is 64.4 cm³/mol. The minimum atomic E-state index is -1.20. The van der Waals surface area contributed by atoms with Gasteiger partial charge in [-0.1, -0.05) is 0 Å². The standard InChI is InChI=1S/C13H13FN2O3/c1-8-11(6-7-12(17)18)13(19)16(15-8)10-4-2-9(14)3-5-10/h2-5,15H,6-7H2,1H3,(H,17,18)/p-1. The number of nitrogens with zero attached hydrogens (tertiary/aromatic N) is 1. The summed E-state index contributed by atoms with van der Waals surface area (Å²) in [5.41, 5.74) is 1.16. The molecule has 0 aliphatic heterocycles. The van der Waals surface area contributed by atoms with Crippen molar-refractivity contribution in [2.24, 2.45) is 0 Å². The third-order valence-electron chi connectivity index (χ3n) is 2.86. The van der Waals surface area contributed by atoms with Crippen molar-refractivity contribution in [2.45, 2.75) is 19.8 Å². The van der Waals surface area contributed by atoms with E-state index in [0.29, 0.717) is 16.9 Å². The van der Waals surface area contributed by atoms with Crippen molar-refractivity contribution in [3.8, 4) is 5.69 Å². The van der Waals surface area contributed by atoms with Crippen molar-refractivity contribution in [1.82, 2.24) is 9.78 Å². The van der Waals surface area contributed by atoms with E-state index in [2.05, 4.69) is 5.10 Å². The van der Waals surface area contributed by atoms with Gasteiger partial charge in [0.25, 0.3) is 5.56 Å². The van der Waals surface area contributed by atoms with Gasteiger partial charge in [-0.3, -0.25) is 9.89 Å². The number of rotatable bonds is 4. The molecule has 5 nitrogen and oxygen atoms in total. The molecule has 1 aromatic carbocycles. The highest BCUT2D eigenvalue weighted by Gasteiger charge is 2.12. The Kier molecular flexibility index (Phi) is 3.50. The molecule has 0 spiro atoms. The van der Waals surface area contributed by atoms with Gasteiger partial charge in [-0.05, 0) is 44.0 Å². The Morgan fingerprint density at radius 2 is 2.00 bits per heavy atom. The Balaban J connectivity index is 2.38. The second-order valence-electron chi connectivity index (χ2n) is 4.20. The van der Waals surface area contributed by atoms with E-state index in [0.717, 1.165) is 0 Å². The van der Waals surface area contributed by atoms with Gasteiger partial charge in [0.1, 0.15) is 5.82 Å². The maximum Gasteiger partial charge on any atom is 0.274 e. The molecular weight excluding hydrogens is 251 g/mol. The fourth-order valence-corrected chi connectivity index (χ4v) is 1.87. The summed E-state index contributed by atoms with van der Waals surface area (Å²) in [6.07, 6.45) is -0.102. The van der Waals surface area contributed by atoms with Crippen LogP contribution in [-0.4, -0.2) is 15.7 Å². The monoisotopic (exact) mass is 263 g/mol. The lowest BCUT2D eigenvalue weighted by Gasteiger charge is -2.00. The van der Waals surface area contributed by atoms with Crippen LogP contribution >= 0.6 is 0 Å². The highest BCUT2D eigenvalue weighted by Crippen LogP contribution is 2.09. The molecule has 1 heterocycles. The second-order valence-corrected chi connectivity index (χ2v) is 4.20. The second kappa shape index (κ2) is 5.09. The average molecular weight is 263 g/mol. The van der Waals surface area contributed by atoms with E-state index in [4.69, 9.17) is 0 Å². The Hall–Kier alpha value is -2.37. The number of carbonyl (C=O) groups excluding carboxylic acids is 1. The van der Waals surface area contributed by atoms with E-state index in [1.54, 1.807) is 6.92 Å². The van der Waals surface area contributed by atoms with E-state index in [-0.39, 0.29) is 18.4 Å². The summed E-state index contributed by atoms with van der Waals surface area (Å²) in [7, 11) is 0. The number of aromatic amines is 1. The number of carbonyl (C=O) groups is 1. The number of aryl methyl sites for hydroxylation is 1. The first-order valence-corrected chi connectivity index (χ1v) is 5.75. The fraction of sp³-hybridized carbons (Fsp3) is 0.231. The molecule has 0 aliphatic rings. The quantitative estimate of drug-likeness (QED) is 0.861. The number of carboxylic acid groups (broad SMARTS) is 1. The largest absolute Gasteiger partial charge is 0.550 e. The van der Waals surface area contributed by atoms with Crippen molar-refractivity contribution >= 4 is 5.97 Å². The number of nitrogens with one attached hydrogen (secondary N) is 1. The first-order chi connectivity index (χ1) is 8.99. The SMILES string of the molecule is Cc1[nH]n(-c2ccc(F)cc2)c(=O)c1CCC(=O)[O-]. The predicted octanol–water partition coefficient (Wildman–Crippen LogP) is 0.296. The van der Waals surface area contributed by atoms with Crippen LogP contribution in [0.1, 0.15) is 17.7 Å². The van der Waals surface area contributed by atoms with Crippen LogP contribution in [0.15, 0.2) is 29.1 Å². The van der Waals surface area contributed by atoms with Crippen LogP contribution in [0.4, 0.5) is 4.39 Å². The maximum absolute atomic E-state index is 12.8. The molecule has 2 aromatic rings. The molecule has 0 bridgehead atoms. The summed E-state index contributed by atoms with van der Waals surface area (Å²) in [4.78, 5) is 22.5. The van der Waals surface area contributed by atoms with Gasteiger partial charge in [-0.2, -0.15) is 0 Å². The lowest BCUT2D eigenvalue weighted by Crippen LogP contribution is -2.24. The topological polar surface area (TPSA) is 77.9 Å². The molecule has 100 valence electrons. The molecule has 0 atom stereocenters. The number of H-pyrrole nitrogens is 1. The van der Waals surface area contributed by atoms with Crippen molar-refractivity contribution in [3.63, 3.8) is 0 Å². The highest BCUT2D eigenvalue weighted by molar-refractivity contribution is 5.64. The Morgan fingerprint density at radius 1 is 1.37 bits per heavy atom. The number of benzene rings is 1. The van der Waals surface area contributed by atoms with Gasteiger partial charge in [0, 0.05) is 17.2 Å². The number of hydrogen-bond acceptors (Lipinski definition) is 3. The summed E-state index contributed by atoms with van der Waals surface area (Å²) < 4.78 is 14.1. The molecule has 1 N–H and O–H groups in total. The van der Waals surface area contributed by atoms with Gasteiger partial charge < -0.3 is 9.90 Å². The summed E-state index contributed by atoms with van der Waals surface area (Å²) >= 11 is 0. The van der Waals surface area contributed by atoms with Crippen molar-refractivity contribution in [3.05, 3.63) is 51.7 Å². The van der Waals surface area contributed by atoms with Crippen molar-refractivity contribution in [2.75, 3.05) is 0 Å². The fourth-order valence-electron chi connectivity index (χ4n) is 1.87. The summed E-state index contributed by atoms with van der Waals surface area (Å²) in [6, 6.07) is 5.43. The van der Waals surface area contributed by atoms with Crippen LogP contribution in [0.25, 0.3) is 5.69 Å². The van der Waals surface area contributed by atoms with Gasteiger partial charge in [0.2, 0.25) is 0 Å². The molecule has 19 heavy (non-hydrogen) atoms. The Bertz CT molecular complexity index is 656. The average Bonchev–Trinajstić information content (AvgIpc) is 2.63. The van der Waals surface area contributed by atoms with Crippen molar-refractivity contribution in [1.29, 1.82) is 0 Å². The number of halogens is 1.